The van der Waals surface area contributed by atoms with Gasteiger partial charge in [-0.15, -0.1) is 0 Å². The molecule has 0 aliphatic carbocycles. The maximum Gasteiger partial charge on any atom is 0.331 e. The number of nitrogens with zero attached hydrogens (tertiary/aromatic N) is 4. The fourth-order valence-corrected chi connectivity index (χ4v) is 1.84. The Morgan fingerprint density at radius 1 is 1.38 bits per heavy atom. The minimum absolute atomic E-state index is 0.412. The van der Waals surface area contributed by atoms with Gasteiger partial charge in [-0.1, -0.05) is 0 Å². The Hall–Kier alpha value is -2.09. The lowest BCUT2D eigenvalue weighted by atomic mass is 10.1. The van der Waals surface area contributed by atoms with E-state index in [4.69, 9.17) is 0 Å². The average Bonchev–Trinajstić information content (AvgIpc) is 2.80. The third-order valence-corrected chi connectivity index (χ3v) is 3.02. The van der Waals surface area contributed by atoms with Crippen LogP contribution in [0.2, 0.25) is 0 Å². The number of aromatic nitrogens is 2. The number of hydrogen-bond donors (Lipinski definition) is 2. The number of rotatable bonds is 7. The van der Waals surface area contributed by atoms with E-state index in [-0.39, 0.29) is 0 Å². The molecule has 0 fully saturated rings. The van der Waals surface area contributed by atoms with Gasteiger partial charge < -0.3 is 20.2 Å². The predicted octanol–water partition coefficient (Wildman–Crippen LogP) is 0.139. The summed E-state index contributed by atoms with van der Waals surface area (Å²) in [5.74, 6) is -1.11. The second kappa shape index (κ2) is 7.63. The number of carboxylic acids is 1. The molecule has 8 nitrogen and oxygen atoms in total. The van der Waals surface area contributed by atoms with E-state index in [1.165, 1.54) is 15.8 Å². The lowest BCUT2D eigenvalue weighted by Gasteiger charge is -2.21. The van der Waals surface area contributed by atoms with Crippen molar-refractivity contribution in [3.8, 4) is 0 Å². The number of nitrogens with one attached hydrogen (secondary N) is 1. The Labute approximate surface area is 124 Å². The minimum atomic E-state index is -1.11. The monoisotopic (exact) mass is 297 g/mol. The summed E-state index contributed by atoms with van der Waals surface area (Å²) in [4.78, 5) is 26.8. The average molecular weight is 297 g/mol. The molecule has 21 heavy (non-hydrogen) atoms. The first kappa shape index (κ1) is 17.0. The first-order valence-electron chi connectivity index (χ1n) is 6.69. The van der Waals surface area contributed by atoms with Gasteiger partial charge in [0.25, 0.3) is 0 Å². The smallest absolute Gasteiger partial charge is 0.331 e. The van der Waals surface area contributed by atoms with E-state index in [1.54, 1.807) is 20.3 Å². The minimum Gasteiger partial charge on any atom is -0.479 e. The van der Waals surface area contributed by atoms with Crippen LogP contribution in [0.15, 0.2) is 12.4 Å². The molecule has 0 aliphatic rings. The molecule has 0 saturated carbocycles. The Morgan fingerprint density at radius 2 is 2.05 bits per heavy atom. The topological polar surface area (TPSA) is 90.7 Å². The van der Waals surface area contributed by atoms with E-state index in [0.29, 0.717) is 12.1 Å². The molecule has 118 valence electrons. The zero-order chi connectivity index (χ0) is 16.0. The van der Waals surface area contributed by atoms with Crippen molar-refractivity contribution in [3.63, 3.8) is 0 Å². The lowest BCUT2D eigenvalue weighted by molar-refractivity contribution is -0.139. The molecule has 8 heteroatoms. The SMILES string of the molecule is CN(C)CCCN(C)C(=O)NC(C(=O)O)c1cnn(C)c1. The van der Waals surface area contributed by atoms with Crippen molar-refractivity contribution < 1.29 is 14.7 Å². The number of aliphatic carboxylic acids is 1. The molecule has 1 heterocycles. The predicted molar refractivity (Wildman–Crippen MR) is 77.9 cm³/mol. The highest BCUT2D eigenvalue weighted by Crippen LogP contribution is 2.12. The number of urea groups is 1. The third-order valence-electron chi connectivity index (χ3n) is 3.02. The lowest BCUT2D eigenvalue weighted by Crippen LogP contribution is -2.42. The van der Waals surface area contributed by atoms with Gasteiger partial charge in [0.2, 0.25) is 0 Å². The van der Waals surface area contributed by atoms with E-state index in [9.17, 15) is 14.7 Å². The molecule has 1 aromatic heterocycles. The van der Waals surface area contributed by atoms with Crippen molar-refractivity contribution in [2.45, 2.75) is 12.5 Å². The molecule has 0 bridgehead atoms. The van der Waals surface area contributed by atoms with Gasteiger partial charge in [0.1, 0.15) is 0 Å². The largest absolute Gasteiger partial charge is 0.479 e. The number of carbonyl (C=O) groups excluding carboxylic acids is 1. The number of amides is 2. The quantitative estimate of drug-likeness (QED) is 0.747. The molecule has 0 saturated heterocycles. The maximum absolute atomic E-state index is 12.0. The second-order valence-corrected chi connectivity index (χ2v) is 5.25. The molecule has 2 amide bonds. The zero-order valence-corrected chi connectivity index (χ0v) is 12.9. The highest BCUT2D eigenvalue weighted by molar-refractivity contribution is 5.83. The first-order valence-corrected chi connectivity index (χ1v) is 6.69. The van der Waals surface area contributed by atoms with Crippen LogP contribution in [0.1, 0.15) is 18.0 Å². The van der Waals surface area contributed by atoms with Gasteiger partial charge in [-0.05, 0) is 27.1 Å². The van der Waals surface area contributed by atoms with Crippen LogP contribution >= 0.6 is 0 Å². The van der Waals surface area contributed by atoms with E-state index in [2.05, 4.69) is 10.4 Å². The van der Waals surface area contributed by atoms with E-state index < -0.39 is 18.0 Å². The number of hydrogen-bond acceptors (Lipinski definition) is 4. The molecule has 1 atom stereocenters. The van der Waals surface area contributed by atoms with E-state index in [0.717, 1.165) is 13.0 Å². The number of carbonyl (C=O) groups is 2. The first-order chi connectivity index (χ1) is 9.81. The summed E-state index contributed by atoms with van der Waals surface area (Å²) >= 11 is 0. The summed E-state index contributed by atoms with van der Waals surface area (Å²) < 4.78 is 1.50. The second-order valence-electron chi connectivity index (χ2n) is 5.25. The molecule has 1 rings (SSSR count). The van der Waals surface area contributed by atoms with Crippen molar-refractivity contribution in [2.75, 3.05) is 34.2 Å². The molecule has 1 aromatic rings. The van der Waals surface area contributed by atoms with Crippen LogP contribution in [-0.4, -0.2) is 70.9 Å². The Bertz CT molecular complexity index is 486. The van der Waals surface area contributed by atoms with Gasteiger partial charge in [0.15, 0.2) is 6.04 Å². The molecule has 0 aliphatic heterocycles. The van der Waals surface area contributed by atoms with Crippen LogP contribution in [0.4, 0.5) is 4.79 Å². The summed E-state index contributed by atoms with van der Waals surface area (Å²) in [7, 11) is 7.26. The third kappa shape index (κ3) is 5.42. The van der Waals surface area contributed by atoms with Crippen molar-refractivity contribution >= 4 is 12.0 Å². The van der Waals surface area contributed by atoms with Crippen LogP contribution in [0, 0.1) is 0 Å². The number of aryl methyl sites for hydroxylation is 1. The van der Waals surface area contributed by atoms with Crippen molar-refractivity contribution in [3.05, 3.63) is 18.0 Å². The van der Waals surface area contributed by atoms with Crippen LogP contribution in [0.5, 0.6) is 0 Å². The van der Waals surface area contributed by atoms with Crippen LogP contribution in [0.3, 0.4) is 0 Å². The zero-order valence-electron chi connectivity index (χ0n) is 12.9. The van der Waals surface area contributed by atoms with Crippen molar-refractivity contribution in [1.82, 2.24) is 24.9 Å². The molecule has 0 aromatic carbocycles. The molecule has 0 radical (unpaired) electrons. The summed E-state index contributed by atoms with van der Waals surface area (Å²) in [5, 5.41) is 15.7. The molecule has 2 N–H and O–H groups in total. The summed E-state index contributed by atoms with van der Waals surface area (Å²) in [6, 6.07) is -1.51. The normalized spacial score (nSPS) is 12.2. The van der Waals surface area contributed by atoms with Crippen LogP contribution in [-0.2, 0) is 11.8 Å². The summed E-state index contributed by atoms with van der Waals surface area (Å²) in [6.07, 6.45) is 3.83. The Balaban J connectivity index is 2.59. The standard InChI is InChI=1S/C13H23N5O3/c1-16(2)6-5-7-17(3)13(21)15-11(12(19)20)10-8-14-18(4)9-10/h8-9,11H,5-7H2,1-4H3,(H,15,21)(H,19,20). The van der Waals surface area contributed by atoms with Crippen molar-refractivity contribution in [2.24, 2.45) is 7.05 Å². The van der Waals surface area contributed by atoms with Gasteiger partial charge in [-0.25, -0.2) is 9.59 Å². The van der Waals surface area contributed by atoms with Gasteiger partial charge in [-0.3, -0.25) is 4.68 Å². The molecular weight excluding hydrogens is 274 g/mol. The highest BCUT2D eigenvalue weighted by atomic mass is 16.4. The highest BCUT2D eigenvalue weighted by Gasteiger charge is 2.24. The fourth-order valence-electron chi connectivity index (χ4n) is 1.84. The molecule has 0 spiro atoms. The van der Waals surface area contributed by atoms with Crippen LogP contribution < -0.4 is 5.32 Å². The van der Waals surface area contributed by atoms with Crippen LogP contribution in [0.25, 0.3) is 0 Å². The fraction of sp³-hybridized carbons (Fsp3) is 0.615. The number of carboxylic acid groups (broad SMARTS) is 1. The van der Waals surface area contributed by atoms with E-state index >= 15 is 0 Å². The van der Waals surface area contributed by atoms with Crippen molar-refractivity contribution in [1.29, 1.82) is 0 Å². The van der Waals surface area contributed by atoms with Gasteiger partial charge in [0.05, 0.1) is 6.20 Å². The molecule has 1 unspecified atom stereocenters. The van der Waals surface area contributed by atoms with Gasteiger partial charge >= 0.3 is 12.0 Å². The summed E-state index contributed by atoms with van der Waals surface area (Å²) in [6.45, 7) is 1.42. The molecular formula is C13H23N5O3. The Morgan fingerprint density at radius 3 is 2.52 bits per heavy atom. The van der Waals surface area contributed by atoms with E-state index in [1.807, 2.05) is 19.0 Å². The van der Waals surface area contributed by atoms with Gasteiger partial charge in [-0.2, -0.15) is 5.10 Å². The Kier molecular flexibility index (Phi) is 6.16. The summed E-state index contributed by atoms with van der Waals surface area (Å²) in [5.41, 5.74) is 0.444. The van der Waals surface area contributed by atoms with Gasteiger partial charge in [0, 0.05) is 32.4 Å². The maximum atomic E-state index is 12.0.